The highest BCUT2D eigenvalue weighted by Crippen LogP contribution is 2.26. The first-order valence-corrected chi connectivity index (χ1v) is 5.04. The monoisotopic (exact) mass is 201 g/mol. The lowest BCUT2D eigenvalue weighted by atomic mass is 10.3. The molecule has 0 saturated heterocycles. The Hall–Kier alpha value is -1.48. The van der Waals surface area contributed by atoms with E-state index in [1.54, 1.807) is 36.0 Å². The molecular formula is C11H9N2S. The lowest BCUT2D eigenvalue weighted by Crippen LogP contribution is -1.79. The van der Waals surface area contributed by atoms with E-state index in [2.05, 4.69) is 23.0 Å². The highest BCUT2D eigenvalue weighted by atomic mass is 32.1. The summed E-state index contributed by atoms with van der Waals surface area (Å²) in [6, 6.07) is 4.10. The molecule has 0 aliphatic heterocycles. The molecular weight excluding hydrogens is 192 g/mol. The first kappa shape index (κ1) is 9.09. The Balaban J connectivity index is 2.34. The van der Waals surface area contributed by atoms with E-state index < -0.39 is 0 Å². The molecule has 0 unspecified atom stereocenters. The molecule has 0 aromatic carbocycles. The molecule has 0 fully saturated rings. The zero-order valence-electron chi connectivity index (χ0n) is 7.55. The van der Waals surface area contributed by atoms with Gasteiger partial charge >= 0.3 is 0 Å². The van der Waals surface area contributed by atoms with Crippen molar-refractivity contribution in [1.29, 1.82) is 0 Å². The third-order valence-corrected chi connectivity index (χ3v) is 2.80. The van der Waals surface area contributed by atoms with Crippen LogP contribution < -0.4 is 0 Å². The fraction of sp³-hybridized carbons (Fsp3) is 0. The van der Waals surface area contributed by atoms with Crippen molar-refractivity contribution < 1.29 is 0 Å². The molecule has 2 nitrogen and oxygen atoms in total. The summed E-state index contributed by atoms with van der Waals surface area (Å²) < 4.78 is 0. The van der Waals surface area contributed by atoms with Gasteiger partial charge in [-0.2, -0.15) is 0 Å². The molecule has 1 radical (unpaired) electrons. The van der Waals surface area contributed by atoms with Crippen LogP contribution in [0.2, 0.25) is 0 Å². The summed E-state index contributed by atoms with van der Waals surface area (Å²) >= 11 is 1.68. The second-order valence-corrected chi connectivity index (χ2v) is 3.81. The Kier molecular flexibility index (Phi) is 2.70. The quantitative estimate of drug-likeness (QED) is 0.746. The van der Waals surface area contributed by atoms with E-state index in [4.69, 9.17) is 0 Å². The van der Waals surface area contributed by atoms with Crippen LogP contribution in [-0.2, 0) is 0 Å². The topological polar surface area (TPSA) is 25.8 Å². The molecule has 14 heavy (non-hydrogen) atoms. The van der Waals surface area contributed by atoms with Crippen LogP contribution in [0.4, 0.5) is 0 Å². The molecule has 3 heteroatoms. The Bertz CT molecular complexity index is 432. The lowest BCUT2D eigenvalue weighted by molar-refractivity contribution is 1.21. The van der Waals surface area contributed by atoms with Crippen molar-refractivity contribution in [3.8, 4) is 10.6 Å². The van der Waals surface area contributed by atoms with Gasteiger partial charge in [0.1, 0.15) is 0 Å². The molecule has 0 aliphatic carbocycles. The van der Waals surface area contributed by atoms with Crippen molar-refractivity contribution in [2.45, 2.75) is 0 Å². The minimum absolute atomic E-state index is 0.918. The van der Waals surface area contributed by atoms with Gasteiger partial charge < -0.3 is 0 Å². The first-order chi connectivity index (χ1) is 6.90. The highest BCUT2D eigenvalue weighted by Gasteiger charge is 2.01. The third-order valence-electron chi connectivity index (χ3n) is 1.72. The average Bonchev–Trinajstić information content (AvgIpc) is 2.68. The molecule has 0 saturated carbocycles. The smallest absolute Gasteiger partial charge is 0.0984 e. The summed E-state index contributed by atoms with van der Waals surface area (Å²) in [5.74, 6) is 0. The fourth-order valence-electron chi connectivity index (χ4n) is 1.12. The van der Waals surface area contributed by atoms with Crippen molar-refractivity contribution in [1.82, 2.24) is 9.97 Å². The Labute approximate surface area is 87.0 Å². The first-order valence-electron chi connectivity index (χ1n) is 4.22. The number of thiophene rings is 1. The summed E-state index contributed by atoms with van der Waals surface area (Å²) in [5.41, 5.74) is 0.918. The fourth-order valence-corrected chi connectivity index (χ4v) is 2.02. The summed E-state index contributed by atoms with van der Waals surface area (Å²) in [6.45, 7) is 3.66. The molecule has 2 rings (SSSR count). The van der Waals surface area contributed by atoms with Crippen molar-refractivity contribution in [2.24, 2.45) is 0 Å². The van der Waals surface area contributed by atoms with Crippen LogP contribution in [0.3, 0.4) is 0 Å². The highest BCUT2D eigenvalue weighted by molar-refractivity contribution is 7.16. The largest absolute Gasteiger partial charge is 0.261 e. The Morgan fingerprint density at radius 1 is 1.29 bits per heavy atom. The molecule has 0 N–H and O–H groups in total. The number of rotatable bonds is 2. The summed E-state index contributed by atoms with van der Waals surface area (Å²) in [7, 11) is 0. The van der Waals surface area contributed by atoms with Crippen LogP contribution in [0.15, 0.2) is 36.8 Å². The van der Waals surface area contributed by atoms with E-state index in [0.717, 1.165) is 10.6 Å². The third kappa shape index (κ3) is 1.88. The van der Waals surface area contributed by atoms with Crippen molar-refractivity contribution in [3.05, 3.63) is 48.6 Å². The minimum Gasteiger partial charge on any atom is -0.261 e. The van der Waals surface area contributed by atoms with E-state index >= 15 is 0 Å². The molecule has 0 atom stereocenters. The van der Waals surface area contributed by atoms with Crippen molar-refractivity contribution in [3.63, 3.8) is 0 Å². The van der Waals surface area contributed by atoms with Crippen LogP contribution in [0.1, 0.15) is 4.88 Å². The van der Waals surface area contributed by atoms with Gasteiger partial charge in [0, 0.05) is 17.3 Å². The Morgan fingerprint density at radius 3 is 2.93 bits per heavy atom. The van der Waals surface area contributed by atoms with E-state index in [1.165, 1.54) is 4.88 Å². The van der Waals surface area contributed by atoms with Gasteiger partial charge in [0.05, 0.1) is 16.8 Å². The predicted octanol–water partition coefficient (Wildman–Crippen LogP) is 3.05. The summed E-state index contributed by atoms with van der Waals surface area (Å²) in [4.78, 5) is 10.6. The van der Waals surface area contributed by atoms with Crippen LogP contribution >= 0.6 is 11.3 Å². The van der Waals surface area contributed by atoms with E-state index in [-0.39, 0.29) is 0 Å². The minimum atomic E-state index is 0.918. The van der Waals surface area contributed by atoms with E-state index in [1.807, 2.05) is 12.1 Å². The van der Waals surface area contributed by atoms with Gasteiger partial charge in [-0.15, -0.1) is 11.3 Å². The zero-order chi connectivity index (χ0) is 9.80. The van der Waals surface area contributed by atoms with Gasteiger partial charge in [-0.25, -0.2) is 0 Å². The van der Waals surface area contributed by atoms with E-state index in [9.17, 15) is 0 Å². The van der Waals surface area contributed by atoms with Gasteiger partial charge in [-0.05, 0) is 25.1 Å². The van der Waals surface area contributed by atoms with Gasteiger partial charge in [0.25, 0.3) is 0 Å². The van der Waals surface area contributed by atoms with Crippen LogP contribution in [0.5, 0.6) is 0 Å². The molecule has 2 aromatic rings. The molecule has 0 spiro atoms. The second-order valence-electron chi connectivity index (χ2n) is 2.70. The number of hydrogen-bond acceptors (Lipinski definition) is 3. The molecule has 69 valence electrons. The molecule has 2 aromatic heterocycles. The number of allylic oxidation sites excluding steroid dienone is 1. The molecule has 0 aliphatic rings. The van der Waals surface area contributed by atoms with Gasteiger partial charge in [-0.1, -0.05) is 6.08 Å². The average molecular weight is 201 g/mol. The van der Waals surface area contributed by atoms with Gasteiger partial charge in [0.15, 0.2) is 0 Å². The number of nitrogens with zero attached hydrogens (tertiary/aromatic N) is 2. The summed E-state index contributed by atoms with van der Waals surface area (Å²) in [5, 5.41) is 0. The normalized spacial score (nSPS) is 10.9. The van der Waals surface area contributed by atoms with Gasteiger partial charge in [-0.3, -0.25) is 9.97 Å². The standard InChI is InChI=1S/C11H9N2S/c1-2-3-9-4-5-11(14-9)10-8-12-6-7-13-10/h2-8H,1H2/b3-2+. The van der Waals surface area contributed by atoms with Crippen LogP contribution in [0.25, 0.3) is 16.6 Å². The predicted molar refractivity (Wildman–Crippen MR) is 59.7 cm³/mol. The maximum atomic E-state index is 4.23. The lowest BCUT2D eigenvalue weighted by Gasteiger charge is -1.92. The molecule has 2 heterocycles. The van der Waals surface area contributed by atoms with Crippen LogP contribution in [-0.4, -0.2) is 9.97 Å². The maximum absolute atomic E-state index is 4.23. The Morgan fingerprint density at radius 2 is 2.21 bits per heavy atom. The second kappa shape index (κ2) is 4.15. The SMILES string of the molecule is [CH2]/C=C/c1ccc(-c2cnccn2)s1. The molecule has 0 bridgehead atoms. The number of aromatic nitrogens is 2. The van der Waals surface area contributed by atoms with Crippen LogP contribution in [0, 0.1) is 6.92 Å². The van der Waals surface area contributed by atoms with Crippen molar-refractivity contribution >= 4 is 17.4 Å². The zero-order valence-corrected chi connectivity index (χ0v) is 8.37. The molecule has 0 amide bonds. The summed E-state index contributed by atoms with van der Waals surface area (Å²) in [6.07, 6.45) is 8.90. The number of hydrogen-bond donors (Lipinski definition) is 0. The maximum Gasteiger partial charge on any atom is 0.0984 e. The van der Waals surface area contributed by atoms with Gasteiger partial charge in [0.2, 0.25) is 0 Å². The van der Waals surface area contributed by atoms with Crippen molar-refractivity contribution in [2.75, 3.05) is 0 Å². The van der Waals surface area contributed by atoms with E-state index in [0.29, 0.717) is 0 Å².